The molecule has 1 heterocycles. The molecule has 0 spiro atoms. The van der Waals surface area contributed by atoms with Gasteiger partial charge in [0.2, 0.25) is 5.91 Å². The van der Waals surface area contributed by atoms with Crippen LogP contribution in [0.2, 0.25) is 5.02 Å². The fourth-order valence-corrected chi connectivity index (χ4v) is 3.70. The number of rotatable bonds is 8. The van der Waals surface area contributed by atoms with Gasteiger partial charge in [-0.05, 0) is 31.2 Å². The molecule has 8 heteroatoms. The van der Waals surface area contributed by atoms with E-state index in [1.165, 1.54) is 18.9 Å². The van der Waals surface area contributed by atoms with Gasteiger partial charge in [0.05, 0.1) is 18.6 Å². The Morgan fingerprint density at radius 2 is 2.14 bits per heavy atom. The number of aryl methyl sites for hydroxylation is 1. The summed E-state index contributed by atoms with van der Waals surface area (Å²) in [6, 6.07) is 13.1. The number of carbonyl (C=O) groups excluding carboxylic acids is 1. The number of nitrogens with zero attached hydrogens (tertiary/aromatic N) is 3. The van der Waals surface area contributed by atoms with Crippen LogP contribution in [-0.4, -0.2) is 33.5 Å². The van der Waals surface area contributed by atoms with Crippen molar-refractivity contribution >= 4 is 35.0 Å². The second-order valence-corrected chi connectivity index (χ2v) is 7.64. The molecule has 0 saturated heterocycles. The fraction of sp³-hybridized carbons (Fsp3) is 0.190. The minimum Gasteiger partial charge on any atom is -0.495 e. The van der Waals surface area contributed by atoms with Crippen LogP contribution in [0, 0.1) is 6.92 Å². The van der Waals surface area contributed by atoms with Crippen molar-refractivity contribution in [2.24, 2.45) is 0 Å². The van der Waals surface area contributed by atoms with Crippen LogP contribution >= 0.6 is 23.4 Å². The van der Waals surface area contributed by atoms with E-state index in [1.807, 2.05) is 29.7 Å². The second-order valence-electron chi connectivity index (χ2n) is 6.26. The molecule has 1 N–H and O–H groups in total. The van der Waals surface area contributed by atoms with Gasteiger partial charge in [-0.25, -0.2) is 0 Å². The first kappa shape index (κ1) is 21.0. The Morgan fingerprint density at radius 3 is 2.86 bits per heavy atom. The van der Waals surface area contributed by atoms with E-state index in [2.05, 4.69) is 28.2 Å². The third kappa shape index (κ3) is 5.19. The highest BCUT2D eigenvalue weighted by atomic mass is 35.5. The summed E-state index contributed by atoms with van der Waals surface area (Å²) in [5.41, 5.74) is 2.64. The molecule has 0 atom stereocenters. The predicted octanol–water partition coefficient (Wildman–Crippen LogP) is 4.83. The number of hydrogen-bond donors (Lipinski definition) is 1. The SMILES string of the molecule is C=CCn1c(SCC(=O)Nc2cc(Cl)ccc2OC)nnc1-c1cccc(C)c1. The molecular formula is C21H21ClN4O2S. The highest BCUT2D eigenvalue weighted by molar-refractivity contribution is 7.99. The Labute approximate surface area is 178 Å². The summed E-state index contributed by atoms with van der Waals surface area (Å²) in [7, 11) is 1.54. The number of methoxy groups -OCH3 is 1. The molecule has 0 aliphatic rings. The lowest BCUT2D eigenvalue weighted by atomic mass is 10.1. The van der Waals surface area contributed by atoms with Gasteiger partial charge in [0.1, 0.15) is 5.75 Å². The van der Waals surface area contributed by atoms with Crippen molar-refractivity contribution in [1.82, 2.24) is 14.8 Å². The minimum atomic E-state index is -0.194. The van der Waals surface area contributed by atoms with Gasteiger partial charge >= 0.3 is 0 Å². The monoisotopic (exact) mass is 428 g/mol. The first-order chi connectivity index (χ1) is 14.0. The van der Waals surface area contributed by atoms with Gasteiger partial charge < -0.3 is 10.1 Å². The summed E-state index contributed by atoms with van der Waals surface area (Å²) in [4.78, 5) is 12.4. The summed E-state index contributed by atoms with van der Waals surface area (Å²) in [5, 5.41) is 12.6. The lowest BCUT2D eigenvalue weighted by Crippen LogP contribution is -2.15. The van der Waals surface area contributed by atoms with E-state index >= 15 is 0 Å². The molecular weight excluding hydrogens is 408 g/mol. The maximum absolute atomic E-state index is 12.4. The quantitative estimate of drug-likeness (QED) is 0.411. The van der Waals surface area contributed by atoms with Crippen LogP contribution in [0.4, 0.5) is 5.69 Å². The van der Waals surface area contributed by atoms with E-state index in [0.717, 1.165) is 17.0 Å². The maximum Gasteiger partial charge on any atom is 0.234 e. The molecule has 3 aromatic rings. The van der Waals surface area contributed by atoms with E-state index in [-0.39, 0.29) is 11.7 Å². The molecule has 3 rings (SSSR count). The van der Waals surface area contributed by atoms with E-state index in [1.54, 1.807) is 24.3 Å². The van der Waals surface area contributed by atoms with Gasteiger partial charge in [0, 0.05) is 17.1 Å². The summed E-state index contributed by atoms with van der Waals surface area (Å²) in [5.74, 6) is 1.26. The van der Waals surface area contributed by atoms with E-state index in [4.69, 9.17) is 16.3 Å². The highest BCUT2D eigenvalue weighted by Crippen LogP contribution is 2.29. The lowest BCUT2D eigenvalue weighted by Gasteiger charge is -2.11. The van der Waals surface area contributed by atoms with Crippen molar-refractivity contribution in [3.8, 4) is 17.1 Å². The molecule has 2 aromatic carbocycles. The Hall–Kier alpha value is -2.77. The molecule has 0 bridgehead atoms. The normalized spacial score (nSPS) is 10.6. The molecule has 0 unspecified atom stereocenters. The molecule has 0 saturated carbocycles. The number of hydrogen-bond acceptors (Lipinski definition) is 5. The Morgan fingerprint density at radius 1 is 1.31 bits per heavy atom. The van der Waals surface area contributed by atoms with Crippen molar-refractivity contribution in [3.63, 3.8) is 0 Å². The van der Waals surface area contributed by atoms with Gasteiger partial charge in [0.15, 0.2) is 11.0 Å². The molecule has 6 nitrogen and oxygen atoms in total. The minimum absolute atomic E-state index is 0.165. The molecule has 1 amide bonds. The van der Waals surface area contributed by atoms with E-state index in [0.29, 0.717) is 28.2 Å². The fourth-order valence-electron chi connectivity index (χ4n) is 2.78. The maximum atomic E-state index is 12.4. The van der Waals surface area contributed by atoms with Crippen LogP contribution in [0.1, 0.15) is 5.56 Å². The zero-order chi connectivity index (χ0) is 20.8. The molecule has 0 fully saturated rings. The third-order valence-electron chi connectivity index (χ3n) is 4.07. The molecule has 0 aliphatic heterocycles. The number of anilines is 1. The molecule has 150 valence electrons. The number of halogens is 1. The standard InChI is InChI=1S/C21H21ClN4O2S/c1-4-10-26-20(15-7-5-6-14(2)11-15)24-25-21(26)29-13-19(27)23-17-12-16(22)8-9-18(17)28-3/h4-9,11-12H,1,10,13H2,2-3H3,(H,23,27). The molecule has 0 aliphatic carbocycles. The smallest absolute Gasteiger partial charge is 0.234 e. The van der Waals surface area contributed by atoms with Gasteiger partial charge in [-0.2, -0.15) is 0 Å². The summed E-state index contributed by atoms with van der Waals surface area (Å²) in [6.45, 7) is 6.39. The number of carbonyl (C=O) groups is 1. The zero-order valence-electron chi connectivity index (χ0n) is 16.2. The number of nitrogens with one attached hydrogen (secondary N) is 1. The predicted molar refractivity (Wildman–Crippen MR) is 118 cm³/mol. The summed E-state index contributed by atoms with van der Waals surface area (Å²) in [6.07, 6.45) is 1.78. The second kappa shape index (κ2) is 9.62. The Kier molecular flexibility index (Phi) is 6.95. The topological polar surface area (TPSA) is 69.0 Å². The van der Waals surface area contributed by atoms with E-state index < -0.39 is 0 Å². The number of ether oxygens (including phenoxy) is 1. The van der Waals surface area contributed by atoms with Crippen molar-refractivity contribution in [2.45, 2.75) is 18.6 Å². The molecule has 0 radical (unpaired) electrons. The number of thioether (sulfide) groups is 1. The Bertz CT molecular complexity index is 1040. The molecule has 29 heavy (non-hydrogen) atoms. The van der Waals surface area contributed by atoms with Crippen LogP contribution in [0.3, 0.4) is 0 Å². The number of amides is 1. The first-order valence-electron chi connectivity index (χ1n) is 8.89. The van der Waals surface area contributed by atoms with Crippen molar-refractivity contribution in [3.05, 3.63) is 65.7 Å². The average Bonchev–Trinajstić information content (AvgIpc) is 3.09. The zero-order valence-corrected chi connectivity index (χ0v) is 17.8. The van der Waals surface area contributed by atoms with Crippen LogP contribution < -0.4 is 10.1 Å². The Balaban J connectivity index is 1.74. The third-order valence-corrected chi connectivity index (χ3v) is 5.27. The first-order valence-corrected chi connectivity index (χ1v) is 10.3. The van der Waals surface area contributed by atoms with Gasteiger partial charge in [-0.15, -0.1) is 16.8 Å². The van der Waals surface area contributed by atoms with Crippen molar-refractivity contribution < 1.29 is 9.53 Å². The number of aromatic nitrogens is 3. The largest absolute Gasteiger partial charge is 0.495 e. The number of allylic oxidation sites excluding steroid dienone is 1. The lowest BCUT2D eigenvalue weighted by molar-refractivity contribution is -0.113. The van der Waals surface area contributed by atoms with Crippen LogP contribution in [0.25, 0.3) is 11.4 Å². The van der Waals surface area contributed by atoms with Gasteiger partial charge in [0.25, 0.3) is 0 Å². The highest BCUT2D eigenvalue weighted by Gasteiger charge is 2.16. The van der Waals surface area contributed by atoms with Gasteiger partial charge in [-0.1, -0.05) is 53.2 Å². The van der Waals surface area contributed by atoms with Crippen molar-refractivity contribution in [1.29, 1.82) is 0 Å². The summed E-state index contributed by atoms with van der Waals surface area (Å²) >= 11 is 7.32. The average molecular weight is 429 g/mol. The van der Waals surface area contributed by atoms with Gasteiger partial charge in [-0.3, -0.25) is 9.36 Å². The molecule has 1 aromatic heterocycles. The van der Waals surface area contributed by atoms with Crippen molar-refractivity contribution in [2.75, 3.05) is 18.2 Å². The van der Waals surface area contributed by atoms with Crippen LogP contribution in [0.5, 0.6) is 5.75 Å². The van der Waals surface area contributed by atoms with Crippen LogP contribution in [-0.2, 0) is 11.3 Å². The van der Waals surface area contributed by atoms with Crippen LogP contribution in [0.15, 0.2) is 60.3 Å². The van der Waals surface area contributed by atoms with E-state index in [9.17, 15) is 4.79 Å². The summed E-state index contributed by atoms with van der Waals surface area (Å²) < 4.78 is 7.20. The number of benzene rings is 2.